The summed E-state index contributed by atoms with van der Waals surface area (Å²) in [6, 6.07) is 0.145. The molecular formula is C10H12N2O5S. The molecule has 0 aliphatic heterocycles. The first-order chi connectivity index (χ1) is 8.43. The monoisotopic (exact) mass is 272 g/mol. The highest BCUT2D eigenvalue weighted by molar-refractivity contribution is 7.12. The van der Waals surface area contributed by atoms with Crippen molar-refractivity contribution in [2.45, 2.75) is 12.5 Å². The molecule has 0 radical (unpaired) electrons. The first kappa shape index (κ1) is 14.0. The van der Waals surface area contributed by atoms with Crippen LogP contribution in [0.3, 0.4) is 0 Å². The Morgan fingerprint density at radius 1 is 1.56 bits per heavy atom. The van der Waals surface area contributed by atoms with Crippen molar-refractivity contribution in [1.29, 1.82) is 0 Å². The number of primary amides is 1. The molecule has 98 valence electrons. The summed E-state index contributed by atoms with van der Waals surface area (Å²) >= 11 is 1.11. The van der Waals surface area contributed by atoms with Crippen LogP contribution in [0.1, 0.15) is 16.1 Å². The minimum atomic E-state index is -1.33. The number of ether oxygens (including phenoxy) is 1. The van der Waals surface area contributed by atoms with Crippen molar-refractivity contribution < 1.29 is 24.2 Å². The van der Waals surface area contributed by atoms with E-state index < -0.39 is 30.2 Å². The van der Waals surface area contributed by atoms with Gasteiger partial charge in [-0.2, -0.15) is 0 Å². The number of carbonyl (C=O) groups excluding carboxylic acids is 2. The largest absolute Gasteiger partial charge is 0.496 e. The number of carbonyl (C=O) groups is 3. The smallest absolute Gasteiger partial charge is 0.326 e. The molecule has 1 rings (SSSR count). The van der Waals surface area contributed by atoms with Crippen LogP contribution in [-0.4, -0.2) is 36.0 Å². The number of nitrogens with one attached hydrogen (secondary N) is 1. The Kier molecular flexibility index (Phi) is 4.67. The molecule has 0 aliphatic carbocycles. The molecule has 0 aliphatic rings. The number of methoxy groups -OCH3 is 1. The number of hydrogen-bond donors (Lipinski definition) is 3. The maximum atomic E-state index is 11.7. The lowest BCUT2D eigenvalue weighted by Crippen LogP contribution is -2.43. The summed E-state index contributed by atoms with van der Waals surface area (Å²) < 4.78 is 4.90. The minimum absolute atomic E-state index is 0.294. The fourth-order valence-electron chi connectivity index (χ4n) is 1.18. The number of nitrogens with two attached hydrogens (primary N) is 1. The Morgan fingerprint density at radius 2 is 2.22 bits per heavy atom. The Balaban J connectivity index is 2.71. The molecule has 0 bridgehead atoms. The van der Waals surface area contributed by atoms with Gasteiger partial charge >= 0.3 is 5.97 Å². The van der Waals surface area contributed by atoms with Gasteiger partial charge in [-0.05, 0) is 0 Å². The standard InChI is InChI=1S/C10H12N2O5S/c1-17-5-2-7(18-4-5)9(14)12-6(10(15)16)3-8(11)13/h2,4,6H,3H2,1H3,(H2,11,13)(H,12,14)(H,15,16). The molecule has 0 fully saturated rings. The third-order valence-corrected chi connectivity index (χ3v) is 2.95. The van der Waals surface area contributed by atoms with E-state index in [0.717, 1.165) is 11.3 Å². The van der Waals surface area contributed by atoms with Crippen molar-refractivity contribution in [3.63, 3.8) is 0 Å². The minimum Gasteiger partial charge on any atom is -0.496 e. The van der Waals surface area contributed by atoms with Gasteiger partial charge in [0.15, 0.2) is 0 Å². The number of carboxylic acid groups (broad SMARTS) is 1. The second kappa shape index (κ2) is 6.01. The van der Waals surface area contributed by atoms with E-state index >= 15 is 0 Å². The molecule has 4 N–H and O–H groups in total. The molecule has 0 spiro atoms. The summed E-state index contributed by atoms with van der Waals surface area (Å²) in [5, 5.41) is 12.7. The van der Waals surface area contributed by atoms with Gasteiger partial charge in [-0.1, -0.05) is 0 Å². The van der Waals surface area contributed by atoms with E-state index in [0.29, 0.717) is 10.6 Å². The molecule has 18 heavy (non-hydrogen) atoms. The van der Waals surface area contributed by atoms with Crippen LogP contribution in [0.25, 0.3) is 0 Å². The lowest BCUT2D eigenvalue weighted by atomic mass is 10.2. The number of hydrogen-bond acceptors (Lipinski definition) is 5. The predicted octanol–water partition coefficient (Wildman–Crippen LogP) is -0.185. The van der Waals surface area contributed by atoms with E-state index in [4.69, 9.17) is 15.6 Å². The van der Waals surface area contributed by atoms with Crippen LogP contribution >= 0.6 is 11.3 Å². The molecule has 0 saturated heterocycles. The average Bonchev–Trinajstić information content (AvgIpc) is 2.75. The third-order valence-electron chi connectivity index (χ3n) is 2.04. The van der Waals surface area contributed by atoms with Gasteiger partial charge in [-0.15, -0.1) is 11.3 Å². The first-order valence-corrected chi connectivity index (χ1v) is 5.76. The molecule has 1 atom stereocenters. The maximum absolute atomic E-state index is 11.7. The molecule has 1 unspecified atom stereocenters. The van der Waals surface area contributed by atoms with Crippen molar-refractivity contribution in [3.05, 3.63) is 16.3 Å². The van der Waals surface area contributed by atoms with Crippen LogP contribution in [0.2, 0.25) is 0 Å². The summed E-state index contributed by atoms with van der Waals surface area (Å²) in [6.07, 6.45) is -0.455. The van der Waals surface area contributed by atoms with Crippen LogP contribution in [0.4, 0.5) is 0 Å². The second-order valence-electron chi connectivity index (χ2n) is 3.39. The van der Waals surface area contributed by atoms with Crippen LogP contribution in [0.5, 0.6) is 5.75 Å². The van der Waals surface area contributed by atoms with Crippen LogP contribution < -0.4 is 15.8 Å². The quantitative estimate of drug-likeness (QED) is 0.663. The fourth-order valence-corrected chi connectivity index (χ4v) is 1.93. The number of aliphatic carboxylic acids is 1. The second-order valence-corrected chi connectivity index (χ2v) is 4.30. The van der Waals surface area contributed by atoms with Crippen molar-refractivity contribution in [2.24, 2.45) is 5.73 Å². The van der Waals surface area contributed by atoms with E-state index in [2.05, 4.69) is 5.32 Å². The lowest BCUT2D eigenvalue weighted by Gasteiger charge is -2.11. The van der Waals surface area contributed by atoms with Gasteiger partial charge in [0, 0.05) is 11.4 Å². The van der Waals surface area contributed by atoms with Crippen molar-refractivity contribution >= 4 is 29.1 Å². The molecule has 1 heterocycles. The van der Waals surface area contributed by atoms with Gasteiger partial charge in [0.1, 0.15) is 11.8 Å². The predicted molar refractivity (Wildman–Crippen MR) is 63.6 cm³/mol. The lowest BCUT2D eigenvalue weighted by molar-refractivity contribution is -0.140. The van der Waals surface area contributed by atoms with E-state index in [1.165, 1.54) is 13.2 Å². The van der Waals surface area contributed by atoms with Crippen molar-refractivity contribution in [2.75, 3.05) is 7.11 Å². The number of amides is 2. The Hall–Kier alpha value is -2.09. The van der Waals surface area contributed by atoms with Gasteiger partial charge in [-0.3, -0.25) is 9.59 Å². The molecule has 2 amide bonds. The van der Waals surface area contributed by atoms with Crippen molar-refractivity contribution in [1.82, 2.24) is 5.32 Å². The molecule has 0 saturated carbocycles. The summed E-state index contributed by atoms with van der Waals surface area (Å²) in [5.74, 6) is -2.19. The number of rotatable bonds is 6. The number of carboxylic acids is 1. The Morgan fingerprint density at radius 3 is 2.67 bits per heavy atom. The number of thiophene rings is 1. The molecule has 8 heteroatoms. The van der Waals surface area contributed by atoms with E-state index in [9.17, 15) is 14.4 Å². The average molecular weight is 272 g/mol. The Labute approximate surface area is 107 Å². The summed E-state index contributed by atoms with van der Waals surface area (Å²) in [4.78, 5) is 33.5. The van der Waals surface area contributed by atoms with Crippen LogP contribution in [-0.2, 0) is 9.59 Å². The zero-order valence-corrected chi connectivity index (χ0v) is 10.3. The van der Waals surface area contributed by atoms with Gasteiger partial charge in [-0.25, -0.2) is 4.79 Å². The summed E-state index contributed by atoms with van der Waals surface area (Å²) in [7, 11) is 1.46. The van der Waals surface area contributed by atoms with Gasteiger partial charge in [0.05, 0.1) is 18.4 Å². The molecule has 0 aromatic carbocycles. The zero-order valence-electron chi connectivity index (χ0n) is 9.50. The molecule has 1 aromatic rings. The van der Waals surface area contributed by atoms with Gasteiger partial charge in [0.2, 0.25) is 5.91 Å². The van der Waals surface area contributed by atoms with Crippen LogP contribution in [0.15, 0.2) is 11.4 Å². The summed E-state index contributed by atoms with van der Waals surface area (Å²) in [5.41, 5.74) is 4.90. The topological polar surface area (TPSA) is 119 Å². The normalized spacial score (nSPS) is 11.6. The van der Waals surface area contributed by atoms with E-state index in [1.54, 1.807) is 5.38 Å². The third kappa shape index (κ3) is 3.74. The molecule has 7 nitrogen and oxygen atoms in total. The van der Waals surface area contributed by atoms with Crippen LogP contribution in [0, 0.1) is 0 Å². The highest BCUT2D eigenvalue weighted by atomic mass is 32.1. The summed E-state index contributed by atoms with van der Waals surface area (Å²) in [6.45, 7) is 0. The van der Waals surface area contributed by atoms with E-state index in [1.807, 2.05) is 0 Å². The highest BCUT2D eigenvalue weighted by Crippen LogP contribution is 2.20. The highest BCUT2D eigenvalue weighted by Gasteiger charge is 2.23. The Bertz CT molecular complexity index is 471. The van der Waals surface area contributed by atoms with Gasteiger partial charge in [0.25, 0.3) is 5.91 Å². The zero-order chi connectivity index (χ0) is 13.7. The van der Waals surface area contributed by atoms with Gasteiger partial charge < -0.3 is 20.9 Å². The SMILES string of the molecule is COc1csc(C(=O)NC(CC(N)=O)C(=O)O)c1. The maximum Gasteiger partial charge on any atom is 0.326 e. The fraction of sp³-hybridized carbons (Fsp3) is 0.300. The first-order valence-electron chi connectivity index (χ1n) is 4.88. The van der Waals surface area contributed by atoms with E-state index in [-0.39, 0.29) is 0 Å². The molecule has 1 aromatic heterocycles. The van der Waals surface area contributed by atoms with Crippen molar-refractivity contribution in [3.8, 4) is 5.75 Å². The molecular weight excluding hydrogens is 260 g/mol.